The molecule has 8 heteroatoms. The molecule has 2 aromatic rings. The van der Waals surface area contributed by atoms with Gasteiger partial charge in [0.15, 0.2) is 0 Å². The van der Waals surface area contributed by atoms with Crippen LogP contribution in [-0.4, -0.2) is 32.1 Å². The molecule has 0 fully saturated rings. The van der Waals surface area contributed by atoms with Crippen molar-refractivity contribution in [2.24, 2.45) is 0 Å². The van der Waals surface area contributed by atoms with Crippen LogP contribution in [0, 0.1) is 0 Å². The summed E-state index contributed by atoms with van der Waals surface area (Å²) in [6.07, 6.45) is 4.88. The summed E-state index contributed by atoms with van der Waals surface area (Å²) in [6, 6.07) is 6.98. The Morgan fingerprint density at radius 1 is 1.24 bits per heavy atom. The topological polar surface area (TPSA) is 88.2 Å². The lowest BCUT2D eigenvalue weighted by Crippen LogP contribution is -2.24. The number of carbonyl (C=O) groups excluding carboxylic acids is 1. The van der Waals surface area contributed by atoms with Gasteiger partial charge in [0.05, 0.1) is 11.1 Å². The first-order chi connectivity index (χ1) is 9.94. The molecule has 0 aliphatic carbocycles. The van der Waals surface area contributed by atoms with Crippen LogP contribution in [0.5, 0.6) is 0 Å². The molecule has 0 saturated heterocycles. The molecule has 112 valence electrons. The van der Waals surface area contributed by atoms with Crippen molar-refractivity contribution in [1.82, 2.24) is 9.71 Å². The average molecular weight is 325 g/mol. The van der Waals surface area contributed by atoms with Gasteiger partial charge in [0.2, 0.25) is 10.0 Å². The van der Waals surface area contributed by atoms with Crippen LogP contribution in [0.15, 0.2) is 36.7 Å². The summed E-state index contributed by atoms with van der Waals surface area (Å²) in [5.74, 6) is -0.187. The lowest BCUT2D eigenvalue weighted by molar-refractivity contribution is 0.103. The molecular formula is C13H15N3O3S2. The maximum atomic E-state index is 12.0. The van der Waals surface area contributed by atoms with E-state index in [4.69, 9.17) is 0 Å². The zero-order valence-electron chi connectivity index (χ0n) is 11.4. The second-order valence-corrected chi connectivity index (χ2v) is 7.37. The fourth-order valence-corrected chi connectivity index (χ4v) is 3.00. The molecular weight excluding hydrogens is 310 g/mol. The first-order valence-electron chi connectivity index (χ1n) is 6.19. The zero-order chi connectivity index (χ0) is 15.3. The van der Waals surface area contributed by atoms with E-state index in [9.17, 15) is 13.2 Å². The highest BCUT2D eigenvalue weighted by atomic mass is 32.2. The lowest BCUT2D eigenvalue weighted by Gasteiger charge is -2.02. The fourth-order valence-electron chi connectivity index (χ4n) is 1.62. The Labute approximate surface area is 127 Å². The van der Waals surface area contributed by atoms with E-state index >= 15 is 0 Å². The second kappa shape index (κ2) is 6.79. The highest BCUT2D eigenvalue weighted by Gasteiger charge is 2.10. The Morgan fingerprint density at radius 3 is 2.62 bits per heavy atom. The minimum atomic E-state index is -3.18. The Morgan fingerprint density at radius 2 is 1.95 bits per heavy atom. The minimum Gasteiger partial charge on any atom is -0.321 e. The van der Waals surface area contributed by atoms with Crippen LogP contribution in [0.25, 0.3) is 0 Å². The maximum absolute atomic E-state index is 12.0. The van der Waals surface area contributed by atoms with E-state index in [1.54, 1.807) is 30.6 Å². The third kappa shape index (κ3) is 5.25. The molecule has 0 spiro atoms. The van der Waals surface area contributed by atoms with Crippen LogP contribution in [-0.2, 0) is 16.4 Å². The number of amides is 1. The molecule has 0 bridgehead atoms. The van der Waals surface area contributed by atoms with Crippen LogP contribution < -0.4 is 10.0 Å². The number of anilines is 1. The molecule has 0 aliphatic rings. The van der Waals surface area contributed by atoms with Crippen molar-refractivity contribution in [3.05, 3.63) is 46.4 Å². The van der Waals surface area contributed by atoms with Crippen LogP contribution in [0.2, 0.25) is 0 Å². The Hall–Kier alpha value is -1.77. The van der Waals surface area contributed by atoms with Crippen molar-refractivity contribution in [3.63, 3.8) is 0 Å². The molecule has 2 aromatic heterocycles. The normalized spacial score (nSPS) is 11.3. The first-order valence-corrected chi connectivity index (χ1v) is 8.89. The predicted octanol–water partition coefficient (Wildman–Crippen LogP) is 1.49. The van der Waals surface area contributed by atoms with E-state index in [1.807, 2.05) is 6.07 Å². The molecule has 0 saturated carbocycles. The molecule has 0 unspecified atom stereocenters. The van der Waals surface area contributed by atoms with Crippen LogP contribution in [0.4, 0.5) is 5.69 Å². The molecule has 2 rings (SSSR count). The van der Waals surface area contributed by atoms with E-state index in [0.29, 0.717) is 23.5 Å². The van der Waals surface area contributed by atoms with Gasteiger partial charge in [-0.2, -0.15) is 0 Å². The highest BCUT2D eigenvalue weighted by molar-refractivity contribution is 7.88. The molecule has 2 N–H and O–H groups in total. The van der Waals surface area contributed by atoms with E-state index in [2.05, 4.69) is 15.0 Å². The van der Waals surface area contributed by atoms with Crippen molar-refractivity contribution in [3.8, 4) is 0 Å². The van der Waals surface area contributed by atoms with Gasteiger partial charge < -0.3 is 5.32 Å². The third-order valence-corrected chi connectivity index (χ3v) is 4.43. The predicted molar refractivity (Wildman–Crippen MR) is 83.1 cm³/mol. The van der Waals surface area contributed by atoms with Crippen molar-refractivity contribution in [2.45, 2.75) is 6.42 Å². The monoisotopic (exact) mass is 325 g/mol. The number of hydrogen-bond acceptors (Lipinski definition) is 5. The lowest BCUT2D eigenvalue weighted by atomic mass is 10.3. The number of aromatic nitrogens is 1. The van der Waals surface area contributed by atoms with Gasteiger partial charge in [0.1, 0.15) is 0 Å². The Bertz CT molecular complexity index is 711. The van der Waals surface area contributed by atoms with Crippen LogP contribution >= 0.6 is 11.3 Å². The number of thiophene rings is 1. The summed E-state index contributed by atoms with van der Waals surface area (Å²) in [6.45, 7) is 0.324. The number of nitrogens with zero attached hydrogens (tertiary/aromatic N) is 1. The largest absolute Gasteiger partial charge is 0.321 e. The standard InChI is InChI=1S/C13H15N3O3S2/c1-21(18,19)15-9-6-11-2-3-12(20-11)13(17)16-10-4-7-14-8-5-10/h2-5,7-8,15H,6,9H2,1H3,(H,14,16,17). The van der Waals surface area contributed by atoms with Gasteiger partial charge in [-0.25, -0.2) is 13.1 Å². The van der Waals surface area contributed by atoms with Gasteiger partial charge in [-0.15, -0.1) is 11.3 Å². The second-order valence-electron chi connectivity index (χ2n) is 4.37. The first kappa shape index (κ1) is 15.6. The van der Waals surface area contributed by atoms with Crippen molar-refractivity contribution in [1.29, 1.82) is 0 Å². The summed E-state index contributed by atoms with van der Waals surface area (Å²) in [4.78, 5) is 17.4. The molecule has 0 radical (unpaired) electrons. The molecule has 0 aliphatic heterocycles. The molecule has 21 heavy (non-hydrogen) atoms. The number of nitrogens with one attached hydrogen (secondary N) is 2. The minimum absolute atomic E-state index is 0.187. The smallest absolute Gasteiger partial charge is 0.265 e. The molecule has 0 aromatic carbocycles. The summed E-state index contributed by atoms with van der Waals surface area (Å²) in [5.41, 5.74) is 0.684. The fraction of sp³-hybridized carbons (Fsp3) is 0.231. The Balaban J connectivity index is 1.92. The van der Waals surface area contributed by atoms with Crippen molar-refractivity contribution < 1.29 is 13.2 Å². The summed E-state index contributed by atoms with van der Waals surface area (Å²) < 4.78 is 24.3. The van der Waals surface area contributed by atoms with Crippen molar-refractivity contribution >= 4 is 33.0 Å². The summed E-state index contributed by atoms with van der Waals surface area (Å²) in [7, 11) is -3.18. The number of sulfonamides is 1. The summed E-state index contributed by atoms with van der Waals surface area (Å²) >= 11 is 1.35. The van der Waals surface area contributed by atoms with Crippen molar-refractivity contribution in [2.75, 3.05) is 18.1 Å². The molecule has 6 nitrogen and oxygen atoms in total. The molecule has 1 amide bonds. The van der Waals surface area contributed by atoms with Crippen LogP contribution in [0.1, 0.15) is 14.5 Å². The highest BCUT2D eigenvalue weighted by Crippen LogP contribution is 2.18. The van der Waals surface area contributed by atoms with E-state index in [1.165, 1.54) is 11.3 Å². The quantitative estimate of drug-likeness (QED) is 0.842. The maximum Gasteiger partial charge on any atom is 0.265 e. The summed E-state index contributed by atoms with van der Waals surface area (Å²) in [5, 5.41) is 2.77. The molecule has 0 atom stereocenters. The van der Waals surface area contributed by atoms with Gasteiger partial charge in [-0.05, 0) is 30.7 Å². The van der Waals surface area contributed by atoms with Gasteiger partial charge in [-0.1, -0.05) is 0 Å². The van der Waals surface area contributed by atoms with Crippen LogP contribution in [0.3, 0.4) is 0 Å². The number of rotatable bonds is 6. The van der Waals surface area contributed by atoms with Gasteiger partial charge in [-0.3, -0.25) is 9.78 Å². The van der Waals surface area contributed by atoms with Gasteiger partial charge >= 0.3 is 0 Å². The third-order valence-electron chi connectivity index (χ3n) is 2.56. The molecule has 2 heterocycles. The Kier molecular flexibility index (Phi) is 5.05. The SMILES string of the molecule is CS(=O)(=O)NCCc1ccc(C(=O)Nc2ccncc2)s1. The average Bonchev–Trinajstić information content (AvgIpc) is 2.87. The van der Waals surface area contributed by atoms with E-state index in [0.717, 1.165) is 11.1 Å². The number of carbonyl (C=O) groups is 1. The van der Waals surface area contributed by atoms with Gasteiger partial charge in [0.25, 0.3) is 5.91 Å². The number of hydrogen-bond donors (Lipinski definition) is 2. The van der Waals surface area contributed by atoms with Gasteiger partial charge in [0, 0.05) is 29.5 Å². The van der Waals surface area contributed by atoms with E-state index < -0.39 is 10.0 Å². The van der Waals surface area contributed by atoms with E-state index in [-0.39, 0.29) is 5.91 Å². The zero-order valence-corrected chi connectivity index (χ0v) is 13.0. The number of pyridine rings is 1.